The maximum Gasteiger partial charge on any atom is 0.290 e. The molecule has 0 spiro atoms. The fourth-order valence-electron chi connectivity index (χ4n) is 0.926. The van der Waals surface area contributed by atoms with Gasteiger partial charge in [0.25, 0.3) is 5.56 Å². The van der Waals surface area contributed by atoms with Gasteiger partial charge in [-0.3, -0.25) is 4.79 Å². The standard InChI is InChI=1S/C8H13N3O2/c1-6(5-12)11(2)7-8(13)10-4-3-9-7/h3-4,6,12H,5H2,1-2H3,(H,10,13). The van der Waals surface area contributed by atoms with Gasteiger partial charge in [0.2, 0.25) is 0 Å². The van der Waals surface area contributed by atoms with E-state index in [-0.39, 0.29) is 18.2 Å². The molecular weight excluding hydrogens is 170 g/mol. The van der Waals surface area contributed by atoms with Crippen LogP contribution in [-0.2, 0) is 0 Å². The fourth-order valence-corrected chi connectivity index (χ4v) is 0.926. The predicted molar refractivity (Wildman–Crippen MR) is 49.8 cm³/mol. The Morgan fingerprint density at radius 3 is 3.00 bits per heavy atom. The number of hydrogen-bond donors (Lipinski definition) is 2. The predicted octanol–water partition coefficient (Wildman–Crippen LogP) is -0.413. The van der Waals surface area contributed by atoms with Crippen LogP contribution in [0, 0.1) is 0 Å². The number of hydrogen-bond acceptors (Lipinski definition) is 4. The van der Waals surface area contributed by atoms with E-state index in [4.69, 9.17) is 5.11 Å². The van der Waals surface area contributed by atoms with E-state index >= 15 is 0 Å². The zero-order valence-electron chi connectivity index (χ0n) is 7.69. The molecule has 0 radical (unpaired) electrons. The van der Waals surface area contributed by atoms with Crippen molar-refractivity contribution in [3.8, 4) is 0 Å². The average Bonchev–Trinajstić information content (AvgIpc) is 2.16. The molecule has 5 heteroatoms. The maximum absolute atomic E-state index is 11.2. The lowest BCUT2D eigenvalue weighted by atomic mass is 10.3. The Labute approximate surface area is 76.0 Å². The second-order valence-corrected chi connectivity index (χ2v) is 2.88. The summed E-state index contributed by atoms with van der Waals surface area (Å²) in [6, 6.07) is -0.115. The summed E-state index contributed by atoms with van der Waals surface area (Å²) >= 11 is 0. The first kappa shape index (κ1) is 9.73. The van der Waals surface area contributed by atoms with Crippen LogP contribution < -0.4 is 10.5 Å². The average molecular weight is 183 g/mol. The van der Waals surface area contributed by atoms with Gasteiger partial charge in [-0.05, 0) is 6.92 Å². The van der Waals surface area contributed by atoms with Crippen LogP contribution in [0.1, 0.15) is 6.92 Å². The molecule has 1 aromatic rings. The summed E-state index contributed by atoms with van der Waals surface area (Å²) in [5, 5.41) is 8.88. The van der Waals surface area contributed by atoms with Gasteiger partial charge >= 0.3 is 0 Å². The molecular formula is C8H13N3O2. The monoisotopic (exact) mass is 183 g/mol. The number of aliphatic hydroxyl groups is 1. The van der Waals surface area contributed by atoms with Crippen molar-refractivity contribution in [2.24, 2.45) is 0 Å². The van der Waals surface area contributed by atoms with Crippen LogP contribution in [0.3, 0.4) is 0 Å². The van der Waals surface area contributed by atoms with Crippen LogP contribution in [-0.4, -0.2) is 34.8 Å². The molecule has 13 heavy (non-hydrogen) atoms. The molecule has 0 bridgehead atoms. The lowest BCUT2D eigenvalue weighted by molar-refractivity contribution is 0.269. The van der Waals surface area contributed by atoms with Gasteiger partial charge in [0.1, 0.15) is 0 Å². The Kier molecular flexibility index (Phi) is 3.02. The molecule has 0 saturated carbocycles. The van der Waals surface area contributed by atoms with Crippen molar-refractivity contribution in [1.82, 2.24) is 9.97 Å². The molecule has 0 fully saturated rings. The highest BCUT2D eigenvalue weighted by atomic mass is 16.3. The first-order valence-electron chi connectivity index (χ1n) is 4.04. The molecule has 0 amide bonds. The van der Waals surface area contributed by atoms with Gasteiger partial charge in [-0.25, -0.2) is 4.98 Å². The first-order valence-corrected chi connectivity index (χ1v) is 4.04. The van der Waals surface area contributed by atoms with Gasteiger partial charge in [-0.15, -0.1) is 0 Å². The molecule has 0 saturated heterocycles. The zero-order chi connectivity index (χ0) is 9.84. The normalized spacial score (nSPS) is 12.5. The minimum atomic E-state index is -0.245. The molecule has 2 N–H and O–H groups in total. The Morgan fingerprint density at radius 2 is 2.46 bits per heavy atom. The molecule has 0 aliphatic heterocycles. The van der Waals surface area contributed by atoms with Crippen LogP contribution in [0.15, 0.2) is 17.2 Å². The van der Waals surface area contributed by atoms with Crippen LogP contribution >= 0.6 is 0 Å². The molecule has 1 heterocycles. The molecule has 1 aromatic heterocycles. The molecule has 72 valence electrons. The maximum atomic E-state index is 11.2. The Balaban J connectivity index is 2.95. The Bertz CT molecular complexity index is 323. The van der Waals surface area contributed by atoms with E-state index < -0.39 is 0 Å². The number of likely N-dealkylation sites (N-methyl/N-ethyl adjacent to an activating group) is 1. The summed E-state index contributed by atoms with van der Waals surface area (Å²) in [6.45, 7) is 1.81. The number of anilines is 1. The lowest BCUT2D eigenvalue weighted by Crippen LogP contribution is -2.36. The van der Waals surface area contributed by atoms with Crippen molar-refractivity contribution >= 4 is 5.82 Å². The third kappa shape index (κ3) is 2.06. The Morgan fingerprint density at radius 1 is 1.77 bits per heavy atom. The van der Waals surface area contributed by atoms with Gasteiger partial charge < -0.3 is 15.0 Å². The van der Waals surface area contributed by atoms with E-state index in [0.29, 0.717) is 5.82 Å². The van der Waals surface area contributed by atoms with Crippen molar-refractivity contribution in [1.29, 1.82) is 0 Å². The van der Waals surface area contributed by atoms with E-state index in [1.165, 1.54) is 12.4 Å². The number of aliphatic hydroxyl groups excluding tert-OH is 1. The molecule has 1 atom stereocenters. The Hall–Kier alpha value is -1.36. The van der Waals surface area contributed by atoms with Crippen LogP contribution in [0.25, 0.3) is 0 Å². The first-order chi connectivity index (χ1) is 6.16. The smallest absolute Gasteiger partial charge is 0.290 e. The quantitative estimate of drug-likeness (QED) is 0.668. The molecule has 0 aliphatic carbocycles. The molecule has 5 nitrogen and oxygen atoms in total. The van der Waals surface area contributed by atoms with Crippen molar-refractivity contribution in [3.05, 3.63) is 22.7 Å². The van der Waals surface area contributed by atoms with Crippen LogP contribution in [0.5, 0.6) is 0 Å². The van der Waals surface area contributed by atoms with Crippen molar-refractivity contribution < 1.29 is 5.11 Å². The fraction of sp³-hybridized carbons (Fsp3) is 0.500. The number of rotatable bonds is 3. The summed E-state index contributed by atoms with van der Waals surface area (Å²) in [7, 11) is 1.72. The summed E-state index contributed by atoms with van der Waals surface area (Å²) in [6.07, 6.45) is 2.99. The van der Waals surface area contributed by atoms with Crippen LogP contribution in [0.2, 0.25) is 0 Å². The second-order valence-electron chi connectivity index (χ2n) is 2.88. The SMILES string of the molecule is CC(CO)N(C)c1ncc[nH]c1=O. The summed E-state index contributed by atoms with van der Waals surface area (Å²) in [5.74, 6) is 0.323. The van der Waals surface area contributed by atoms with Gasteiger partial charge in [-0.2, -0.15) is 0 Å². The largest absolute Gasteiger partial charge is 0.394 e. The van der Waals surface area contributed by atoms with E-state index in [1.807, 2.05) is 6.92 Å². The highest BCUT2D eigenvalue weighted by molar-refractivity contribution is 5.34. The topological polar surface area (TPSA) is 69.2 Å². The van der Waals surface area contributed by atoms with Crippen molar-refractivity contribution in [3.63, 3.8) is 0 Å². The minimum absolute atomic E-state index is 0.00743. The summed E-state index contributed by atoms with van der Waals surface area (Å²) in [4.78, 5) is 19.3. The van der Waals surface area contributed by atoms with E-state index in [0.717, 1.165) is 0 Å². The van der Waals surface area contributed by atoms with Gasteiger partial charge in [0.05, 0.1) is 12.6 Å². The molecule has 1 unspecified atom stereocenters. The number of nitrogens with one attached hydrogen (secondary N) is 1. The third-order valence-corrected chi connectivity index (χ3v) is 1.95. The van der Waals surface area contributed by atoms with Crippen LogP contribution in [0.4, 0.5) is 5.82 Å². The highest BCUT2D eigenvalue weighted by Crippen LogP contribution is 2.03. The van der Waals surface area contributed by atoms with E-state index in [2.05, 4.69) is 9.97 Å². The van der Waals surface area contributed by atoms with E-state index in [9.17, 15) is 4.79 Å². The summed E-state index contributed by atoms with van der Waals surface area (Å²) < 4.78 is 0. The number of H-pyrrole nitrogens is 1. The molecule has 0 aromatic carbocycles. The number of aromatic nitrogens is 2. The van der Waals surface area contributed by atoms with Gasteiger partial charge in [0.15, 0.2) is 5.82 Å². The zero-order valence-corrected chi connectivity index (χ0v) is 7.69. The molecule has 1 rings (SSSR count). The van der Waals surface area contributed by atoms with Gasteiger partial charge in [-0.1, -0.05) is 0 Å². The summed E-state index contributed by atoms with van der Waals surface area (Å²) in [5.41, 5.74) is -0.245. The second kappa shape index (κ2) is 4.04. The number of nitrogens with zero attached hydrogens (tertiary/aromatic N) is 2. The minimum Gasteiger partial charge on any atom is -0.394 e. The lowest BCUT2D eigenvalue weighted by Gasteiger charge is -2.22. The van der Waals surface area contributed by atoms with Crippen molar-refractivity contribution in [2.45, 2.75) is 13.0 Å². The molecule has 0 aliphatic rings. The van der Waals surface area contributed by atoms with Gasteiger partial charge in [0, 0.05) is 19.4 Å². The van der Waals surface area contributed by atoms with E-state index in [1.54, 1.807) is 11.9 Å². The highest BCUT2D eigenvalue weighted by Gasteiger charge is 2.12. The van der Waals surface area contributed by atoms with Crippen molar-refractivity contribution in [2.75, 3.05) is 18.6 Å². The number of aromatic amines is 1. The third-order valence-electron chi connectivity index (χ3n) is 1.95.